The third kappa shape index (κ3) is 3.23. The average molecular weight is 277 g/mol. The van der Waals surface area contributed by atoms with Gasteiger partial charge < -0.3 is 5.73 Å². The zero-order valence-electron chi connectivity index (χ0n) is 10.7. The monoisotopic (exact) mass is 276 g/mol. The van der Waals surface area contributed by atoms with Crippen LogP contribution in [0.15, 0.2) is 36.5 Å². The molecule has 1 heterocycles. The summed E-state index contributed by atoms with van der Waals surface area (Å²) in [5.41, 5.74) is 11.7. The Hall–Kier alpha value is -1.62. The second-order valence-corrected chi connectivity index (χ2v) is 4.91. The van der Waals surface area contributed by atoms with E-state index < -0.39 is 0 Å². The Balaban J connectivity index is 2.30. The number of nitrogen functional groups attached to an aromatic ring is 1. The Bertz CT molecular complexity index is 571. The van der Waals surface area contributed by atoms with E-state index in [0.717, 1.165) is 21.7 Å². The van der Waals surface area contributed by atoms with Gasteiger partial charge in [-0.15, -0.1) is 0 Å². The number of pyridine rings is 1. The van der Waals surface area contributed by atoms with Crippen LogP contribution in [-0.2, 0) is 6.42 Å². The van der Waals surface area contributed by atoms with Crippen LogP contribution >= 0.6 is 11.6 Å². The molecule has 1 atom stereocenters. The van der Waals surface area contributed by atoms with Gasteiger partial charge in [0.25, 0.3) is 0 Å². The van der Waals surface area contributed by atoms with Crippen molar-refractivity contribution in [3.05, 3.63) is 58.2 Å². The number of nitrogens with two attached hydrogens (primary N) is 2. The van der Waals surface area contributed by atoms with E-state index >= 15 is 0 Å². The highest BCUT2D eigenvalue weighted by atomic mass is 35.5. The molecule has 0 aliphatic heterocycles. The molecule has 0 saturated carbocycles. The molecule has 1 aromatic carbocycles. The zero-order valence-corrected chi connectivity index (χ0v) is 11.5. The molecular formula is C14H17ClN4. The Kier molecular flexibility index (Phi) is 4.37. The van der Waals surface area contributed by atoms with Gasteiger partial charge in [-0.05, 0) is 36.6 Å². The van der Waals surface area contributed by atoms with Crippen LogP contribution in [0.3, 0.4) is 0 Å². The van der Waals surface area contributed by atoms with Crippen molar-refractivity contribution in [3.8, 4) is 0 Å². The smallest absolute Gasteiger partial charge is 0.128 e. The van der Waals surface area contributed by atoms with Crippen molar-refractivity contribution in [1.29, 1.82) is 0 Å². The number of hydrogen-bond donors (Lipinski definition) is 3. The minimum Gasteiger partial charge on any atom is -0.383 e. The third-order valence-electron chi connectivity index (χ3n) is 3.04. The lowest BCUT2D eigenvalue weighted by atomic mass is 9.99. The lowest BCUT2D eigenvalue weighted by molar-refractivity contribution is 0.552. The number of rotatable bonds is 4. The summed E-state index contributed by atoms with van der Waals surface area (Å²) in [5, 5.41) is 0.724. The fraction of sp³-hybridized carbons (Fsp3) is 0.214. The minimum absolute atomic E-state index is 0.118. The van der Waals surface area contributed by atoms with Crippen molar-refractivity contribution in [1.82, 2.24) is 10.4 Å². The van der Waals surface area contributed by atoms with Crippen LogP contribution < -0.4 is 17.0 Å². The van der Waals surface area contributed by atoms with Crippen molar-refractivity contribution in [2.45, 2.75) is 19.4 Å². The van der Waals surface area contributed by atoms with Crippen LogP contribution in [0.5, 0.6) is 0 Å². The molecule has 1 unspecified atom stereocenters. The van der Waals surface area contributed by atoms with Gasteiger partial charge in [0.05, 0.1) is 6.04 Å². The van der Waals surface area contributed by atoms with Gasteiger partial charge in [-0.1, -0.05) is 29.8 Å². The highest BCUT2D eigenvalue weighted by Crippen LogP contribution is 2.25. The normalized spacial score (nSPS) is 12.4. The molecule has 4 nitrogen and oxygen atoms in total. The van der Waals surface area contributed by atoms with Gasteiger partial charge in [-0.25, -0.2) is 4.98 Å². The molecule has 0 saturated heterocycles. The summed E-state index contributed by atoms with van der Waals surface area (Å²) in [6.45, 7) is 1.97. The van der Waals surface area contributed by atoms with Crippen LogP contribution in [-0.4, -0.2) is 4.98 Å². The highest BCUT2D eigenvalue weighted by Gasteiger charge is 2.16. The van der Waals surface area contributed by atoms with E-state index in [-0.39, 0.29) is 6.04 Å². The topological polar surface area (TPSA) is 77.0 Å². The summed E-state index contributed by atoms with van der Waals surface area (Å²) in [6.07, 6.45) is 2.40. The molecule has 5 heteroatoms. The molecule has 0 fully saturated rings. The number of benzene rings is 1. The molecule has 0 bridgehead atoms. The fourth-order valence-corrected chi connectivity index (χ4v) is 2.24. The Labute approximate surface area is 117 Å². The van der Waals surface area contributed by atoms with Gasteiger partial charge in [-0.3, -0.25) is 11.3 Å². The van der Waals surface area contributed by atoms with Crippen LogP contribution in [0.25, 0.3) is 0 Å². The van der Waals surface area contributed by atoms with E-state index in [1.165, 1.54) is 0 Å². The molecule has 0 aliphatic rings. The Morgan fingerprint density at radius 2 is 2.11 bits per heavy atom. The Morgan fingerprint density at radius 1 is 1.37 bits per heavy atom. The van der Waals surface area contributed by atoms with Crippen LogP contribution in [0.1, 0.15) is 22.7 Å². The number of hydrazine groups is 1. The number of aromatic nitrogens is 1. The Morgan fingerprint density at radius 3 is 2.79 bits per heavy atom. The highest BCUT2D eigenvalue weighted by molar-refractivity contribution is 6.31. The predicted octanol–water partition coefficient (Wildman–Crippen LogP) is 2.37. The summed E-state index contributed by atoms with van der Waals surface area (Å²) in [6, 6.07) is 9.57. The first kappa shape index (κ1) is 13.8. The summed E-state index contributed by atoms with van der Waals surface area (Å²) < 4.78 is 0. The van der Waals surface area contributed by atoms with Gasteiger partial charge in [-0.2, -0.15) is 0 Å². The molecular weight excluding hydrogens is 260 g/mol. The second-order valence-electron chi connectivity index (χ2n) is 4.50. The van der Waals surface area contributed by atoms with E-state index in [1.54, 1.807) is 6.20 Å². The molecule has 1 aromatic heterocycles. The molecule has 5 N–H and O–H groups in total. The van der Waals surface area contributed by atoms with Crippen molar-refractivity contribution in [2.75, 3.05) is 5.73 Å². The number of hydrogen-bond acceptors (Lipinski definition) is 4. The lowest BCUT2D eigenvalue weighted by Gasteiger charge is -2.19. The molecule has 2 aromatic rings. The van der Waals surface area contributed by atoms with Crippen LogP contribution in [0.4, 0.5) is 5.82 Å². The molecule has 0 radical (unpaired) electrons. The first-order valence-corrected chi connectivity index (χ1v) is 6.41. The van der Waals surface area contributed by atoms with E-state index in [4.69, 9.17) is 23.2 Å². The maximum absolute atomic E-state index is 6.17. The molecule has 2 rings (SSSR count). The first-order chi connectivity index (χ1) is 9.11. The van der Waals surface area contributed by atoms with Crippen molar-refractivity contribution < 1.29 is 0 Å². The van der Waals surface area contributed by atoms with E-state index in [1.807, 2.05) is 37.3 Å². The van der Waals surface area contributed by atoms with Crippen molar-refractivity contribution >= 4 is 17.4 Å². The van der Waals surface area contributed by atoms with Gasteiger partial charge >= 0.3 is 0 Å². The minimum atomic E-state index is -0.118. The zero-order chi connectivity index (χ0) is 13.8. The lowest BCUT2D eigenvalue weighted by Crippen LogP contribution is -2.30. The summed E-state index contributed by atoms with van der Waals surface area (Å²) in [5.74, 6) is 6.13. The molecule has 0 spiro atoms. The van der Waals surface area contributed by atoms with Gasteiger partial charge in [0, 0.05) is 16.8 Å². The van der Waals surface area contributed by atoms with Gasteiger partial charge in [0.15, 0.2) is 0 Å². The fourth-order valence-electron chi connectivity index (χ4n) is 2.02. The van der Waals surface area contributed by atoms with Crippen molar-refractivity contribution in [2.24, 2.45) is 5.84 Å². The molecule has 0 amide bonds. The third-order valence-corrected chi connectivity index (χ3v) is 3.41. The van der Waals surface area contributed by atoms with Crippen LogP contribution in [0, 0.1) is 6.92 Å². The van der Waals surface area contributed by atoms with E-state index in [2.05, 4.69) is 10.4 Å². The quantitative estimate of drug-likeness (QED) is 0.592. The standard InChI is InChI=1S/C14H17ClN4/c1-9-6-11(14(16)18-8-9)13(19-17)7-10-4-2-3-5-12(10)15/h2-6,8,13,19H,7,17H2,1H3,(H2,16,18). The van der Waals surface area contributed by atoms with Crippen LogP contribution in [0.2, 0.25) is 5.02 Å². The first-order valence-electron chi connectivity index (χ1n) is 6.03. The molecule has 19 heavy (non-hydrogen) atoms. The number of halogens is 1. The molecule has 100 valence electrons. The summed E-state index contributed by atoms with van der Waals surface area (Å²) in [4.78, 5) is 4.16. The second kappa shape index (κ2) is 6.02. The van der Waals surface area contributed by atoms with Gasteiger partial charge in [0.2, 0.25) is 0 Å². The number of nitrogens with one attached hydrogen (secondary N) is 1. The maximum Gasteiger partial charge on any atom is 0.128 e. The summed E-state index contributed by atoms with van der Waals surface area (Å²) >= 11 is 6.17. The number of anilines is 1. The van der Waals surface area contributed by atoms with Gasteiger partial charge in [0.1, 0.15) is 5.82 Å². The largest absolute Gasteiger partial charge is 0.383 e. The van der Waals surface area contributed by atoms with E-state index in [0.29, 0.717) is 12.2 Å². The number of aryl methyl sites for hydroxylation is 1. The SMILES string of the molecule is Cc1cnc(N)c(C(Cc2ccccc2Cl)NN)c1. The summed E-state index contributed by atoms with van der Waals surface area (Å²) in [7, 11) is 0. The van der Waals surface area contributed by atoms with Crippen molar-refractivity contribution in [3.63, 3.8) is 0 Å². The maximum atomic E-state index is 6.17. The average Bonchev–Trinajstić information content (AvgIpc) is 2.41. The number of nitrogens with zero attached hydrogens (tertiary/aromatic N) is 1. The van der Waals surface area contributed by atoms with E-state index in [9.17, 15) is 0 Å². The predicted molar refractivity (Wildman–Crippen MR) is 78.6 cm³/mol. The molecule has 0 aliphatic carbocycles.